The van der Waals surface area contributed by atoms with Gasteiger partial charge in [-0.15, -0.1) is 0 Å². The summed E-state index contributed by atoms with van der Waals surface area (Å²) in [7, 11) is 0. The van der Waals surface area contributed by atoms with Gasteiger partial charge in [0.15, 0.2) is 0 Å². The summed E-state index contributed by atoms with van der Waals surface area (Å²) in [5, 5.41) is 7.62. The number of pyridine rings is 1. The molecule has 2 unspecified atom stereocenters. The smallest absolute Gasteiger partial charge is 0.416 e. The lowest BCUT2D eigenvalue weighted by molar-refractivity contribution is -0.143. The second-order valence-electron chi connectivity index (χ2n) is 11.4. The van der Waals surface area contributed by atoms with Gasteiger partial charge in [-0.1, -0.05) is 26.2 Å². The molecule has 5 rings (SSSR count). The van der Waals surface area contributed by atoms with Crippen molar-refractivity contribution in [2.45, 2.75) is 90.0 Å². The summed E-state index contributed by atoms with van der Waals surface area (Å²) in [6, 6.07) is 2.59. The number of anilines is 1. The van der Waals surface area contributed by atoms with Crippen LogP contribution in [0.5, 0.6) is 0 Å². The topological polar surface area (TPSA) is 54.5 Å². The number of ether oxygens (including phenoxy) is 1. The van der Waals surface area contributed by atoms with Gasteiger partial charge >= 0.3 is 18.4 Å². The van der Waals surface area contributed by atoms with E-state index in [1.807, 2.05) is 23.8 Å². The van der Waals surface area contributed by atoms with Crippen LogP contribution in [0.2, 0.25) is 0 Å². The van der Waals surface area contributed by atoms with Crippen LogP contribution in [0, 0.1) is 12.8 Å². The molecule has 2 aromatic heterocycles. The number of carbonyl (C=O) groups is 1. The molecule has 1 aliphatic heterocycles. The van der Waals surface area contributed by atoms with Crippen LogP contribution in [0.1, 0.15) is 79.9 Å². The Balaban J connectivity index is 1.48. The van der Waals surface area contributed by atoms with Crippen molar-refractivity contribution in [3.8, 4) is 11.1 Å². The molecule has 0 radical (unpaired) electrons. The first-order valence-electron chi connectivity index (χ1n) is 14.3. The van der Waals surface area contributed by atoms with Crippen LogP contribution in [-0.2, 0) is 23.6 Å². The number of thiophene rings is 1. The second-order valence-corrected chi connectivity index (χ2v) is 12.2. The predicted octanol–water partition coefficient (Wildman–Crippen LogP) is 9.62. The third-order valence-electron chi connectivity index (χ3n) is 8.56. The number of aryl methyl sites for hydroxylation is 1. The number of nitrogens with one attached hydrogen (secondary N) is 1. The van der Waals surface area contributed by atoms with Crippen molar-refractivity contribution in [3.05, 3.63) is 69.0 Å². The number of nitrogens with zero attached hydrogens (tertiary/aromatic N) is 2. The Bertz CT molecular complexity index is 1440. The van der Waals surface area contributed by atoms with Crippen LogP contribution in [0.3, 0.4) is 0 Å². The fraction of sp³-hybridized carbons (Fsp3) is 0.484. The van der Waals surface area contributed by atoms with Gasteiger partial charge < -0.3 is 10.1 Å². The van der Waals surface area contributed by atoms with Crippen LogP contribution < -0.4 is 5.32 Å². The van der Waals surface area contributed by atoms with E-state index < -0.39 is 41.7 Å². The van der Waals surface area contributed by atoms with Crippen molar-refractivity contribution >= 4 is 23.2 Å². The summed E-state index contributed by atoms with van der Waals surface area (Å²) >= 11 is 1.55. The fourth-order valence-electron chi connectivity index (χ4n) is 6.11. The van der Waals surface area contributed by atoms with Crippen molar-refractivity contribution < 1.29 is 35.9 Å². The molecule has 3 aromatic rings. The summed E-state index contributed by atoms with van der Waals surface area (Å²) in [5.74, 6) is 1.06. The molecule has 12 heteroatoms. The van der Waals surface area contributed by atoms with E-state index in [1.165, 1.54) is 4.90 Å². The maximum absolute atomic E-state index is 13.5. The molecule has 232 valence electrons. The number of hydrogen-bond donors (Lipinski definition) is 1. The first-order valence-corrected chi connectivity index (χ1v) is 15.3. The van der Waals surface area contributed by atoms with Gasteiger partial charge in [-0.2, -0.15) is 37.7 Å². The maximum Gasteiger partial charge on any atom is 0.416 e. The van der Waals surface area contributed by atoms with Gasteiger partial charge in [0.1, 0.15) is 11.9 Å². The minimum absolute atomic E-state index is 0.0114. The minimum Gasteiger partial charge on any atom is -0.439 e. The Morgan fingerprint density at radius 1 is 1.02 bits per heavy atom. The second kappa shape index (κ2) is 12.0. The van der Waals surface area contributed by atoms with Gasteiger partial charge in [0.05, 0.1) is 23.7 Å². The molecule has 43 heavy (non-hydrogen) atoms. The molecule has 1 aromatic carbocycles. The number of halogens is 6. The van der Waals surface area contributed by atoms with Crippen molar-refractivity contribution in [1.29, 1.82) is 0 Å². The Kier molecular flexibility index (Phi) is 8.70. The van der Waals surface area contributed by atoms with Gasteiger partial charge in [0, 0.05) is 23.4 Å². The number of alkyl halides is 6. The number of aromatic nitrogens is 1. The van der Waals surface area contributed by atoms with E-state index in [4.69, 9.17) is 9.72 Å². The first-order chi connectivity index (χ1) is 20.3. The van der Waals surface area contributed by atoms with Gasteiger partial charge in [0.2, 0.25) is 0 Å². The van der Waals surface area contributed by atoms with Crippen LogP contribution >= 0.6 is 11.3 Å². The van der Waals surface area contributed by atoms with Gasteiger partial charge in [0.25, 0.3) is 0 Å². The van der Waals surface area contributed by atoms with Gasteiger partial charge in [-0.3, -0.25) is 4.90 Å². The van der Waals surface area contributed by atoms with Crippen LogP contribution in [0.4, 0.5) is 37.0 Å². The third-order valence-corrected chi connectivity index (χ3v) is 9.42. The van der Waals surface area contributed by atoms with Crippen LogP contribution in [0.25, 0.3) is 11.1 Å². The van der Waals surface area contributed by atoms with E-state index in [2.05, 4.69) is 12.2 Å². The molecule has 1 saturated carbocycles. The molecule has 1 saturated heterocycles. The molecule has 4 atom stereocenters. The first kappa shape index (κ1) is 31.2. The largest absolute Gasteiger partial charge is 0.439 e. The number of amides is 1. The highest BCUT2D eigenvalue weighted by molar-refractivity contribution is 7.08. The molecule has 2 aliphatic rings. The molecule has 2 fully saturated rings. The third kappa shape index (κ3) is 6.63. The number of rotatable bonds is 7. The molecular weight excluding hydrogens is 592 g/mol. The monoisotopic (exact) mass is 625 g/mol. The Hall–Kier alpha value is -3.28. The lowest BCUT2D eigenvalue weighted by Crippen LogP contribution is -2.34. The zero-order chi connectivity index (χ0) is 31.1. The molecule has 5 nitrogen and oxygen atoms in total. The van der Waals surface area contributed by atoms with E-state index in [0.717, 1.165) is 48.8 Å². The lowest BCUT2D eigenvalue weighted by atomic mass is 9.83. The van der Waals surface area contributed by atoms with Gasteiger partial charge in [-0.25, -0.2) is 9.78 Å². The molecule has 0 spiro atoms. The molecule has 0 bridgehead atoms. The zero-order valence-electron chi connectivity index (χ0n) is 24.0. The zero-order valence-corrected chi connectivity index (χ0v) is 24.8. The van der Waals surface area contributed by atoms with Crippen molar-refractivity contribution in [3.63, 3.8) is 0 Å². The molecule has 1 amide bonds. The molecular formula is C31H33F6N3O2S. The van der Waals surface area contributed by atoms with Crippen molar-refractivity contribution in [2.24, 2.45) is 5.92 Å². The Labute approximate surface area is 250 Å². The summed E-state index contributed by atoms with van der Waals surface area (Å²) < 4.78 is 86.6. The number of carbonyl (C=O) groups excluding carboxylic acids is 1. The van der Waals surface area contributed by atoms with E-state index in [9.17, 15) is 31.1 Å². The normalized spacial score (nSPS) is 23.0. The van der Waals surface area contributed by atoms with Crippen LogP contribution in [0.15, 0.2) is 41.2 Å². The van der Waals surface area contributed by atoms with E-state index in [-0.39, 0.29) is 24.2 Å². The molecule has 1 aliphatic carbocycles. The average molecular weight is 626 g/mol. The maximum atomic E-state index is 13.5. The summed E-state index contributed by atoms with van der Waals surface area (Å²) in [6.07, 6.45) is -5.06. The number of benzene rings is 1. The Morgan fingerprint density at radius 3 is 2.30 bits per heavy atom. The molecule has 1 N–H and O–H groups in total. The van der Waals surface area contributed by atoms with Crippen molar-refractivity contribution in [1.82, 2.24) is 9.88 Å². The minimum atomic E-state index is -5.01. The highest BCUT2D eigenvalue weighted by Gasteiger charge is 2.43. The SMILES string of the molecule is CCC1CCCCC1Nc1ncc(-c2cscc2C)cc1CN1C(=O)O[C@H](c2cc(C(F)(F)F)cc(C(F)(F)F)c2)[C@@H]1C. The lowest BCUT2D eigenvalue weighted by Gasteiger charge is -2.33. The van der Waals surface area contributed by atoms with Crippen LogP contribution in [-0.4, -0.2) is 28.1 Å². The quantitative estimate of drug-likeness (QED) is 0.266. The Morgan fingerprint density at radius 2 is 1.70 bits per heavy atom. The number of cyclic esters (lactones) is 1. The van der Waals surface area contributed by atoms with Crippen molar-refractivity contribution in [2.75, 3.05) is 5.32 Å². The number of hydrogen-bond acceptors (Lipinski definition) is 5. The van der Waals surface area contributed by atoms with Gasteiger partial charge in [-0.05, 0) is 84.3 Å². The predicted molar refractivity (Wildman–Crippen MR) is 153 cm³/mol. The highest BCUT2D eigenvalue weighted by Crippen LogP contribution is 2.42. The standard InChI is InChI=1S/C31H33F6N3O2S/c1-4-19-7-5-6-8-26(19)39-28-22(9-21(13-38-28)25-16-43-15-17(25)2)14-40-18(3)27(42-29(40)41)20-10-23(30(32,33)34)12-24(11-20)31(35,36)37/h9-13,15-16,18-19,26-27H,4-8,14H2,1-3H3,(H,38,39)/t18-,19?,26?,27-/m0/s1. The highest BCUT2D eigenvalue weighted by atomic mass is 32.1. The summed E-state index contributed by atoms with van der Waals surface area (Å²) in [5.41, 5.74) is 0.326. The average Bonchev–Trinajstić information content (AvgIpc) is 3.51. The summed E-state index contributed by atoms with van der Waals surface area (Å²) in [4.78, 5) is 19.2. The molecule has 3 heterocycles. The van der Waals surface area contributed by atoms with E-state index in [1.54, 1.807) is 24.5 Å². The fourth-order valence-corrected chi connectivity index (χ4v) is 6.97. The summed E-state index contributed by atoms with van der Waals surface area (Å²) in [6.45, 7) is 5.71. The van der Waals surface area contributed by atoms with E-state index in [0.29, 0.717) is 29.4 Å². The van der Waals surface area contributed by atoms with E-state index >= 15 is 0 Å².